The summed E-state index contributed by atoms with van der Waals surface area (Å²) in [7, 11) is 4.03. The van der Waals surface area contributed by atoms with E-state index in [-0.39, 0.29) is 5.69 Å². The number of hydrogen-bond acceptors (Lipinski definition) is 4. The van der Waals surface area contributed by atoms with E-state index in [1.54, 1.807) is 6.07 Å². The van der Waals surface area contributed by atoms with Crippen molar-refractivity contribution in [2.45, 2.75) is 12.8 Å². The van der Waals surface area contributed by atoms with Crippen molar-refractivity contribution in [3.63, 3.8) is 0 Å². The van der Waals surface area contributed by atoms with E-state index < -0.39 is 4.92 Å². The smallest absolute Gasteiger partial charge is 0.271 e. The van der Waals surface area contributed by atoms with Crippen LogP contribution in [0.15, 0.2) is 18.2 Å². The molecule has 0 spiro atoms. The molecular formula is C11H17N3O2. The number of nitrogen functional groups attached to an aromatic ring is 1. The average Bonchev–Trinajstić information content (AvgIpc) is 2.19. The van der Waals surface area contributed by atoms with E-state index in [1.807, 2.05) is 14.1 Å². The molecule has 0 heterocycles. The second-order valence-corrected chi connectivity index (χ2v) is 4.05. The Balaban J connectivity index is 2.64. The molecule has 88 valence electrons. The van der Waals surface area contributed by atoms with Crippen LogP contribution in [0.5, 0.6) is 0 Å². The minimum atomic E-state index is -0.431. The first kappa shape index (κ1) is 12.4. The number of nitrogens with zero attached hydrogens (tertiary/aromatic N) is 2. The second-order valence-electron chi connectivity index (χ2n) is 4.05. The van der Waals surface area contributed by atoms with Crippen LogP contribution in [0.2, 0.25) is 0 Å². The Morgan fingerprint density at radius 2 is 2.12 bits per heavy atom. The molecule has 0 saturated heterocycles. The summed E-state index contributed by atoms with van der Waals surface area (Å²) in [5.41, 5.74) is 7.29. The van der Waals surface area contributed by atoms with Crippen LogP contribution in [-0.4, -0.2) is 30.5 Å². The fourth-order valence-electron chi connectivity index (χ4n) is 1.51. The van der Waals surface area contributed by atoms with Gasteiger partial charge in [-0.3, -0.25) is 10.1 Å². The number of anilines is 1. The zero-order chi connectivity index (χ0) is 12.1. The summed E-state index contributed by atoms with van der Waals surface area (Å²) >= 11 is 0. The fourth-order valence-corrected chi connectivity index (χ4v) is 1.51. The molecule has 2 N–H and O–H groups in total. The van der Waals surface area contributed by atoms with Crippen LogP contribution in [0, 0.1) is 10.1 Å². The Labute approximate surface area is 95.0 Å². The number of nitro groups is 1. The van der Waals surface area contributed by atoms with Crippen molar-refractivity contribution >= 4 is 11.4 Å². The third kappa shape index (κ3) is 3.51. The molecule has 0 amide bonds. The second kappa shape index (κ2) is 5.46. The highest BCUT2D eigenvalue weighted by atomic mass is 16.6. The van der Waals surface area contributed by atoms with E-state index in [1.165, 1.54) is 12.1 Å². The van der Waals surface area contributed by atoms with Crippen LogP contribution in [0.3, 0.4) is 0 Å². The highest BCUT2D eigenvalue weighted by molar-refractivity contribution is 5.53. The molecule has 0 aliphatic carbocycles. The molecule has 0 aliphatic rings. The van der Waals surface area contributed by atoms with Gasteiger partial charge in [-0.25, -0.2) is 0 Å². The fraction of sp³-hybridized carbons (Fsp3) is 0.455. The average molecular weight is 223 g/mol. The van der Waals surface area contributed by atoms with Crippen LogP contribution < -0.4 is 5.73 Å². The van der Waals surface area contributed by atoms with E-state index >= 15 is 0 Å². The monoisotopic (exact) mass is 223 g/mol. The molecule has 0 atom stereocenters. The molecule has 1 aromatic carbocycles. The first-order valence-corrected chi connectivity index (χ1v) is 5.18. The maximum atomic E-state index is 10.5. The van der Waals surface area contributed by atoms with Crippen LogP contribution in [0.1, 0.15) is 12.0 Å². The zero-order valence-electron chi connectivity index (χ0n) is 9.64. The Morgan fingerprint density at radius 1 is 1.44 bits per heavy atom. The predicted molar refractivity (Wildman–Crippen MR) is 64.4 cm³/mol. The van der Waals surface area contributed by atoms with Gasteiger partial charge in [0.1, 0.15) is 0 Å². The maximum absolute atomic E-state index is 10.5. The van der Waals surface area contributed by atoms with Crippen molar-refractivity contribution in [3.8, 4) is 0 Å². The van der Waals surface area contributed by atoms with Crippen molar-refractivity contribution < 1.29 is 4.92 Å². The molecule has 1 aromatic rings. The van der Waals surface area contributed by atoms with Crippen LogP contribution in [0.25, 0.3) is 0 Å². The van der Waals surface area contributed by atoms with Crippen molar-refractivity contribution in [3.05, 3.63) is 33.9 Å². The normalized spacial score (nSPS) is 10.7. The van der Waals surface area contributed by atoms with Crippen LogP contribution >= 0.6 is 0 Å². The Morgan fingerprint density at radius 3 is 2.62 bits per heavy atom. The summed E-state index contributed by atoms with van der Waals surface area (Å²) < 4.78 is 0. The standard InChI is InChI=1S/C11H17N3O2/c1-13(2)7-3-4-9-5-6-10(14(15)16)8-11(9)12/h5-6,8H,3-4,7,12H2,1-2H3. The van der Waals surface area contributed by atoms with Gasteiger partial charge in [-0.2, -0.15) is 0 Å². The summed E-state index contributed by atoms with van der Waals surface area (Å²) in [6, 6.07) is 4.66. The number of benzene rings is 1. The molecule has 16 heavy (non-hydrogen) atoms. The molecule has 0 fully saturated rings. The minimum absolute atomic E-state index is 0.0499. The van der Waals surface area contributed by atoms with E-state index in [0.29, 0.717) is 5.69 Å². The number of non-ortho nitro benzene ring substituents is 1. The van der Waals surface area contributed by atoms with Crippen molar-refractivity contribution in [1.82, 2.24) is 4.90 Å². The van der Waals surface area contributed by atoms with Crippen LogP contribution in [-0.2, 0) is 6.42 Å². The molecule has 0 radical (unpaired) electrons. The molecule has 1 rings (SSSR count). The summed E-state index contributed by atoms with van der Waals surface area (Å²) in [5, 5.41) is 10.5. The minimum Gasteiger partial charge on any atom is -0.398 e. The molecule has 0 aromatic heterocycles. The lowest BCUT2D eigenvalue weighted by molar-refractivity contribution is -0.384. The highest BCUT2D eigenvalue weighted by Crippen LogP contribution is 2.20. The van der Waals surface area contributed by atoms with Gasteiger partial charge < -0.3 is 10.6 Å². The van der Waals surface area contributed by atoms with E-state index in [4.69, 9.17) is 5.73 Å². The maximum Gasteiger partial charge on any atom is 0.271 e. The van der Waals surface area contributed by atoms with Crippen molar-refractivity contribution in [2.75, 3.05) is 26.4 Å². The first-order chi connectivity index (χ1) is 7.50. The predicted octanol–water partition coefficient (Wildman–Crippen LogP) is 1.67. The van der Waals surface area contributed by atoms with Crippen molar-refractivity contribution in [1.29, 1.82) is 0 Å². The Kier molecular flexibility index (Phi) is 4.25. The SMILES string of the molecule is CN(C)CCCc1ccc([N+](=O)[O-])cc1N. The zero-order valence-corrected chi connectivity index (χ0v) is 9.64. The molecular weight excluding hydrogens is 206 g/mol. The number of rotatable bonds is 5. The van der Waals surface area contributed by atoms with Gasteiger partial charge in [0.15, 0.2) is 0 Å². The first-order valence-electron chi connectivity index (χ1n) is 5.18. The molecule has 0 aliphatic heterocycles. The largest absolute Gasteiger partial charge is 0.398 e. The van der Waals surface area contributed by atoms with Gasteiger partial charge in [0, 0.05) is 17.8 Å². The summed E-state index contributed by atoms with van der Waals surface area (Å²) in [6.07, 6.45) is 1.84. The molecule has 5 nitrogen and oxygen atoms in total. The highest BCUT2D eigenvalue weighted by Gasteiger charge is 2.08. The van der Waals surface area contributed by atoms with Gasteiger partial charge in [-0.1, -0.05) is 6.07 Å². The molecule has 0 bridgehead atoms. The summed E-state index contributed by atoms with van der Waals surface area (Å²) in [6.45, 7) is 0.983. The molecule has 0 saturated carbocycles. The number of aryl methyl sites for hydroxylation is 1. The third-order valence-corrected chi connectivity index (χ3v) is 2.39. The number of nitro benzene ring substituents is 1. The summed E-state index contributed by atoms with van der Waals surface area (Å²) in [4.78, 5) is 12.2. The van der Waals surface area contributed by atoms with Gasteiger partial charge in [0.05, 0.1) is 4.92 Å². The number of nitrogens with two attached hydrogens (primary N) is 1. The lowest BCUT2D eigenvalue weighted by atomic mass is 10.1. The molecule has 0 unspecified atom stereocenters. The lowest BCUT2D eigenvalue weighted by Crippen LogP contribution is -2.13. The Hall–Kier alpha value is -1.62. The van der Waals surface area contributed by atoms with E-state index in [0.717, 1.165) is 24.9 Å². The topological polar surface area (TPSA) is 72.4 Å². The van der Waals surface area contributed by atoms with Gasteiger partial charge >= 0.3 is 0 Å². The van der Waals surface area contributed by atoms with E-state index in [2.05, 4.69) is 4.90 Å². The van der Waals surface area contributed by atoms with E-state index in [9.17, 15) is 10.1 Å². The van der Waals surface area contributed by atoms with Gasteiger partial charge in [-0.05, 0) is 39.0 Å². The Bertz CT molecular complexity index is 377. The van der Waals surface area contributed by atoms with Crippen molar-refractivity contribution in [2.24, 2.45) is 0 Å². The van der Waals surface area contributed by atoms with Crippen LogP contribution in [0.4, 0.5) is 11.4 Å². The van der Waals surface area contributed by atoms with Gasteiger partial charge in [0.25, 0.3) is 5.69 Å². The van der Waals surface area contributed by atoms with Gasteiger partial charge in [0.2, 0.25) is 0 Å². The third-order valence-electron chi connectivity index (χ3n) is 2.39. The number of hydrogen-bond donors (Lipinski definition) is 1. The van der Waals surface area contributed by atoms with Gasteiger partial charge in [-0.15, -0.1) is 0 Å². The molecule has 5 heteroatoms. The summed E-state index contributed by atoms with van der Waals surface area (Å²) in [5.74, 6) is 0. The quantitative estimate of drug-likeness (QED) is 0.468. The lowest BCUT2D eigenvalue weighted by Gasteiger charge is -2.10.